The van der Waals surface area contributed by atoms with E-state index >= 15 is 0 Å². The van der Waals surface area contributed by atoms with Gasteiger partial charge in [0, 0.05) is 6.04 Å². The molecule has 0 unspecified atom stereocenters. The van der Waals surface area contributed by atoms with E-state index in [0.717, 1.165) is 12.0 Å². The van der Waals surface area contributed by atoms with Crippen LogP contribution in [-0.2, 0) is 0 Å². The molecule has 1 heteroatoms. The molecule has 0 atom stereocenters. The highest BCUT2D eigenvalue weighted by Crippen LogP contribution is 2.31. The van der Waals surface area contributed by atoms with Crippen LogP contribution in [0.3, 0.4) is 0 Å². The fraction of sp³-hybridized carbons (Fsp3) is 1.00. The predicted octanol–water partition coefficient (Wildman–Crippen LogP) is 5.05. The molecule has 2 aliphatic rings. The highest BCUT2D eigenvalue weighted by atomic mass is 14.9. The molecule has 0 aromatic carbocycles. The van der Waals surface area contributed by atoms with Crippen LogP contribution in [0.2, 0.25) is 0 Å². The Kier molecular flexibility index (Phi) is 7.15. The topological polar surface area (TPSA) is 12.0 Å². The Morgan fingerprint density at radius 3 is 1.61 bits per heavy atom. The van der Waals surface area contributed by atoms with Gasteiger partial charge in [0.05, 0.1) is 0 Å². The Labute approximate surface area is 114 Å². The lowest BCUT2D eigenvalue weighted by molar-refractivity contribution is 0.399. The first-order chi connectivity index (χ1) is 8.95. The van der Waals surface area contributed by atoms with E-state index in [0.29, 0.717) is 0 Å². The van der Waals surface area contributed by atoms with Crippen LogP contribution in [-0.4, -0.2) is 12.6 Å². The van der Waals surface area contributed by atoms with Gasteiger partial charge in [0.2, 0.25) is 0 Å². The summed E-state index contributed by atoms with van der Waals surface area (Å²) in [4.78, 5) is 0. The molecule has 0 aromatic heterocycles. The van der Waals surface area contributed by atoms with Crippen LogP contribution in [0.5, 0.6) is 0 Å². The lowest BCUT2D eigenvalue weighted by Gasteiger charge is -2.19. The van der Waals surface area contributed by atoms with Gasteiger partial charge in [-0.3, -0.25) is 0 Å². The van der Waals surface area contributed by atoms with E-state index in [-0.39, 0.29) is 0 Å². The average molecular weight is 251 g/mol. The Balaban J connectivity index is 1.60. The maximum Gasteiger partial charge on any atom is 0.00670 e. The second-order valence-electron chi connectivity index (χ2n) is 6.64. The number of rotatable bonds is 4. The van der Waals surface area contributed by atoms with E-state index in [1.165, 1.54) is 96.4 Å². The second kappa shape index (κ2) is 8.96. The van der Waals surface area contributed by atoms with Crippen molar-refractivity contribution in [3.05, 3.63) is 0 Å². The fourth-order valence-corrected chi connectivity index (χ4v) is 3.27. The third-order valence-corrected chi connectivity index (χ3v) is 4.79. The van der Waals surface area contributed by atoms with Crippen molar-refractivity contribution < 1.29 is 0 Å². The molecule has 0 saturated heterocycles. The number of hydrogen-bond donors (Lipinski definition) is 1. The largest absolute Gasteiger partial charge is 0.314 e. The van der Waals surface area contributed by atoms with Crippen molar-refractivity contribution in [2.24, 2.45) is 5.92 Å². The smallest absolute Gasteiger partial charge is 0.00670 e. The van der Waals surface area contributed by atoms with E-state index in [1.807, 2.05) is 0 Å². The van der Waals surface area contributed by atoms with E-state index in [2.05, 4.69) is 5.32 Å². The molecule has 0 heterocycles. The van der Waals surface area contributed by atoms with Gasteiger partial charge in [-0.1, -0.05) is 70.6 Å². The van der Waals surface area contributed by atoms with Crippen LogP contribution in [0.4, 0.5) is 0 Å². The molecule has 1 N–H and O–H groups in total. The van der Waals surface area contributed by atoms with Crippen LogP contribution in [0, 0.1) is 5.92 Å². The van der Waals surface area contributed by atoms with Crippen molar-refractivity contribution >= 4 is 0 Å². The molecule has 2 saturated carbocycles. The maximum absolute atomic E-state index is 3.84. The Bertz CT molecular complexity index is 186. The summed E-state index contributed by atoms with van der Waals surface area (Å²) in [7, 11) is 0. The van der Waals surface area contributed by atoms with Gasteiger partial charge >= 0.3 is 0 Å². The van der Waals surface area contributed by atoms with Crippen molar-refractivity contribution in [3.63, 3.8) is 0 Å². The molecule has 0 bridgehead atoms. The van der Waals surface area contributed by atoms with E-state index in [4.69, 9.17) is 0 Å². The summed E-state index contributed by atoms with van der Waals surface area (Å²) in [5.41, 5.74) is 0. The van der Waals surface area contributed by atoms with E-state index in [1.54, 1.807) is 0 Å². The van der Waals surface area contributed by atoms with Gasteiger partial charge in [0.25, 0.3) is 0 Å². The minimum atomic E-state index is 0.836. The second-order valence-corrected chi connectivity index (χ2v) is 6.64. The van der Waals surface area contributed by atoms with Crippen LogP contribution >= 0.6 is 0 Å². The summed E-state index contributed by atoms with van der Waals surface area (Å²) < 4.78 is 0. The average Bonchev–Trinajstić information content (AvgIpc) is 3.16. The number of nitrogens with one attached hydrogen (secondary N) is 1. The summed E-state index contributed by atoms with van der Waals surface area (Å²) >= 11 is 0. The first-order valence-corrected chi connectivity index (χ1v) is 8.68. The van der Waals surface area contributed by atoms with Crippen molar-refractivity contribution in [3.8, 4) is 0 Å². The molecule has 0 aromatic rings. The molecule has 2 rings (SSSR count). The van der Waals surface area contributed by atoms with Gasteiger partial charge in [0.15, 0.2) is 0 Å². The normalized spacial score (nSPS) is 25.3. The van der Waals surface area contributed by atoms with Gasteiger partial charge in [0.1, 0.15) is 0 Å². The highest BCUT2D eigenvalue weighted by molar-refractivity contribution is 4.75. The third kappa shape index (κ3) is 6.78. The van der Waals surface area contributed by atoms with Crippen molar-refractivity contribution in [1.29, 1.82) is 0 Å². The quantitative estimate of drug-likeness (QED) is 0.737. The molecule has 106 valence electrons. The maximum atomic E-state index is 3.84. The summed E-state index contributed by atoms with van der Waals surface area (Å²) in [6.45, 7) is 1.29. The Morgan fingerprint density at radius 2 is 1.11 bits per heavy atom. The Hall–Kier alpha value is -0.0400. The van der Waals surface area contributed by atoms with Crippen LogP contribution < -0.4 is 5.32 Å². The van der Waals surface area contributed by atoms with Gasteiger partial charge in [-0.2, -0.15) is 0 Å². The van der Waals surface area contributed by atoms with Crippen LogP contribution in [0.1, 0.15) is 89.9 Å². The molecule has 0 amide bonds. The summed E-state index contributed by atoms with van der Waals surface area (Å²) in [6.07, 6.45) is 20.6. The van der Waals surface area contributed by atoms with Crippen molar-refractivity contribution in [2.45, 2.75) is 95.9 Å². The number of hydrogen-bond acceptors (Lipinski definition) is 1. The van der Waals surface area contributed by atoms with Crippen molar-refractivity contribution in [1.82, 2.24) is 5.32 Å². The first-order valence-electron chi connectivity index (χ1n) is 8.68. The molecule has 0 radical (unpaired) electrons. The molecule has 0 spiro atoms. The van der Waals surface area contributed by atoms with E-state index in [9.17, 15) is 0 Å². The van der Waals surface area contributed by atoms with Crippen molar-refractivity contribution in [2.75, 3.05) is 6.54 Å². The standard InChI is InChI=1S/C17H33N/c1-2-4-6-8-10-17(11-9-7-5-3-1)18-15-14-16-12-13-16/h16-18H,1-15H2. The van der Waals surface area contributed by atoms with Gasteiger partial charge < -0.3 is 5.32 Å². The lowest BCUT2D eigenvalue weighted by atomic mass is 9.98. The zero-order valence-corrected chi connectivity index (χ0v) is 12.3. The van der Waals surface area contributed by atoms with Gasteiger partial charge in [-0.25, -0.2) is 0 Å². The minimum Gasteiger partial charge on any atom is -0.314 e. The Morgan fingerprint density at radius 1 is 0.611 bits per heavy atom. The third-order valence-electron chi connectivity index (χ3n) is 4.79. The summed E-state index contributed by atoms with van der Waals surface area (Å²) in [5.74, 6) is 1.09. The molecule has 0 aliphatic heterocycles. The predicted molar refractivity (Wildman–Crippen MR) is 79.9 cm³/mol. The molecular weight excluding hydrogens is 218 g/mol. The van der Waals surface area contributed by atoms with Crippen LogP contribution in [0.25, 0.3) is 0 Å². The molecular formula is C17H33N. The molecule has 2 aliphatic carbocycles. The molecule has 2 fully saturated rings. The van der Waals surface area contributed by atoms with E-state index < -0.39 is 0 Å². The summed E-state index contributed by atoms with van der Waals surface area (Å²) in [6, 6.07) is 0.836. The minimum absolute atomic E-state index is 0.836. The zero-order valence-electron chi connectivity index (χ0n) is 12.3. The van der Waals surface area contributed by atoms with Crippen LogP contribution in [0.15, 0.2) is 0 Å². The zero-order chi connectivity index (χ0) is 12.5. The highest BCUT2D eigenvalue weighted by Gasteiger charge is 2.20. The lowest BCUT2D eigenvalue weighted by Crippen LogP contribution is -2.30. The SMILES string of the molecule is C1CCCCCC(NCCC2CC2)CCCCC1. The summed E-state index contributed by atoms with van der Waals surface area (Å²) in [5, 5.41) is 3.84. The molecule has 18 heavy (non-hydrogen) atoms. The fourth-order valence-electron chi connectivity index (χ4n) is 3.27. The monoisotopic (exact) mass is 251 g/mol. The molecule has 1 nitrogen and oxygen atoms in total. The first kappa shape index (κ1) is 14.4. The van der Waals surface area contributed by atoms with Gasteiger partial charge in [-0.15, -0.1) is 0 Å². The van der Waals surface area contributed by atoms with Gasteiger partial charge in [-0.05, 0) is 31.7 Å².